The van der Waals surface area contributed by atoms with E-state index < -0.39 is 0 Å². The topological polar surface area (TPSA) is 91.4 Å². The van der Waals surface area contributed by atoms with Gasteiger partial charge < -0.3 is 19.2 Å². The highest BCUT2D eigenvalue weighted by atomic mass is 32.2. The van der Waals surface area contributed by atoms with Crippen molar-refractivity contribution in [2.75, 3.05) is 25.3 Å². The monoisotopic (exact) mass is 450 g/mol. The average Bonchev–Trinajstić information content (AvgIpc) is 3.49. The van der Waals surface area contributed by atoms with Crippen molar-refractivity contribution in [2.45, 2.75) is 11.7 Å². The van der Waals surface area contributed by atoms with Crippen molar-refractivity contribution >= 4 is 23.4 Å². The van der Waals surface area contributed by atoms with Crippen molar-refractivity contribution in [1.82, 2.24) is 14.8 Å². The van der Waals surface area contributed by atoms with E-state index in [4.69, 9.17) is 13.9 Å². The molecule has 0 bridgehead atoms. The normalized spacial score (nSPS) is 10.7. The lowest BCUT2D eigenvalue weighted by atomic mass is 10.2. The molecule has 0 atom stereocenters. The van der Waals surface area contributed by atoms with Crippen molar-refractivity contribution < 1.29 is 18.7 Å². The Morgan fingerprint density at radius 3 is 2.31 bits per heavy atom. The van der Waals surface area contributed by atoms with Crippen molar-refractivity contribution in [1.29, 1.82) is 0 Å². The molecule has 0 saturated heterocycles. The quantitative estimate of drug-likeness (QED) is 0.379. The van der Waals surface area contributed by atoms with Crippen LogP contribution in [-0.4, -0.2) is 40.6 Å². The summed E-state index contributed by atoms with van der Waals surface area (Å²) in [6.07, 6.45) is 1.63. The minimum atomic E-state index is -0.140. The molecule has 1 N–H and O–H groups in total. The summed E-state index contributed by atoms with van der Waals surface area (Å²) in [5.41, 5.74) is 1.59. The highest BCUT2D eigenvalue weighted by Gasteiger charge is 2.17. The largest absolute Gasteiger partial charge is 0.497 e. The minimum Gasteiger partial charge on any atom is -0.497 e. The standard InChI is InChI=1S/C23H22N4O4S/c1-29-18-9-5-16(6-10-18)22-25-26-23(27(22)14-20-4-3-13-31-20)32-15-21(28)24-17-7-11-19(30-2)12-8-17/h3-13H,14-15H2,1-2H3,(H,24,28). The van der Waals surface area contributed by atoms with Crippen LogP contribution in [0.15, 0.2) is 76.5 Å². The molecule has 0 radical (unpaired) electrons. The maximum absolute atomic E-state index is 12.5. The molecule has 0 aliphatic heterocycles. The number of benzene rings is 2. The van der Waals surface area contributed by atoms with Gasteiger partial charge in [-0.2, -0.15) is 0 Å². The zero-order chi connectivity index (χ0) is 22.3. The van der Waals surface area contributed by atoms with Crippen molar-refractivity contribution in [3.05, 3.63) is 72.7 Å². The molecule has 164 valence electrons. The number of ether oxygens (including phenoxy) is 2. The first kappa shape index (κ1) is 21.5. The second kappa shape index (κ2) is 10.1. The molecule has 32 heavy (non-hydrogen) atoms. The number of aromatic nitrogens is 3. The highest BCUT2D eigenvalue weighted by molar-refractivity contribution is 7.99. The second-order valence-electron chi connectivity index (χ2n) is 6.77. The van der Waals surface area contributed by atoms with Crippen LogP contribution in [0, 0.1) is 0 Å². The molecule has 0 saturated carbocycles. The number of carbonyl (C=O) groups excluding carboxylic acids is 1. The average molecular weight is 451 g/mol. The Kier molecular flexibility index (Phi) is 6.76. The molecular formula is C23H22N4O4S. The van der Waals surface area contributed by atoms with Gasteiger partial charge in [0.05, 0.1) is 32.8 Å². The number of anilines is 1. The fourth-order valence-corrected chi connectivity index (χ4v) is 3.79. The first-order valence-electron chi connectivity index (χ1n) is 9.83. The molecule has 2 aromatic heterocycles. The van der Waals surface area contributed by atoms with Crippen LogP contribution in [0.25, 0.3) is 11.4 Å². The van der Waals surface area contributed by atoms with E-state index in [1.165, 1.54) is 11.8 Å². The molecule has 0 spiro atoms. The van der Waals surface area contributed by atoms with Crippen molar-refractivity contribution in [2.24, 2.45) is 0 Å². The van der Waals surface area contributed by atoms with Crippen LogP contribution >= 0.6 is 11.8 Å². The molecule has 2 heterocycles. The zero-order valence-electron chi connectivity index (χ0n) is 17.6. The number of thioether (sulfide) groups is 1. The number of furan rings is 1. The van der Waals surface area contributed by atoms with E-state index in [9.17, 15) is 4.79 Å². The molecule has 0 unspecified atom stereocenters. The maximum Gasteiger partial charge on any atom is 0.234 e. The Labute approximate surface area is 189 Å². The summed E-state index contributed by atoms with van der Waals surface area (Å²) < 4.78 is 17.8. The molecule has 0 fully saturated rings. The van der Waals surface area contributed by atoms with Gasteiger partial charge in [0.15, 0.2) is 11.0 Å². The third-order valence-electron chi connectivity index (χ3n) is 4.67. The van der Waals surface area contributed by atoms with Crippen LogP contribution in [0.4, 0.5) is 5.69 Å². The van der Waals surface area contributed by atoms with Gasteiger partial charge in [0, 0.05) is 11.3 Å². The van der Waals surface area contributed by atoms with E-state index in [-0.39, 0.29) is 11.7 Å². The molecule has 4 rings (SSSR count). The summed E-state index contributed by atoms with van der Waals surface area (Å²) in [5, 5.41) is 12.2. The lowest BCUT2D eigenvalue weighted by Gasteiger charge is -2.10. The number of nitrogens with zero attached hydrogens (tertiary/aromatic N) is 3. The molecule has 0 aliphatic rings. The number of rotatable bonds is 9. The van der Waals surface area contributed by atoms with E-state index in [1.807, 2.05) is 41.0 Å². The smallest absolute Gasteiger partial charge is 0.234 e. The summed E-state index contributed by atoms with van der Waals surface area (Å²) in [4.78, 5) is 12.5. The van der Waals surface area contributed by atoms with E-state index in [0.29, 0.717) is 23.2 Å². The first-order valence-corrected chi connectivity index (χ1v) is 10.8. The SMILES string of the molecule is COc1ccc(NC(=O)CSc2nnc(-c3ccc(OC)cc3)n2Cc2ccco2)cc1. The number of methoxy groups -OCH3 is 2. The summed E-state index contributed by atoms with van der Waals surface area (Å²) in [6.45, 7) is 0.448. The van der Waals surface area contributed by atoms with Crippen LogP contribution < -0.4 is 14.8 Å². The second-order valence-corrected chi connectivity index (χ2v) is 7.71. The van der Waals surface area contributed by atoms with Gasteiger partial charge in [-0.05, 0) is 60.7 Å². The number of amides is 1. The van der Waals surface area contributed by atoms with Gasteiger partial charge >= 0.3 is 0 Å². The Balaban J connectivity index is 1.50. The van der Waals surface area contributed by atoms with Gasteiger partial charge in [0.2, 0.25) is 5.91 Å². The maximum atomic E-state index is 12.5. The Bertz CT molecular complexity index is 1160. The van der Waals surface area contributed by atoms with Gasteiger partial charge in [-0.15, -0.1) is 10.2 Å². The van der Waals surface area contributed by atoms with Crippen LogP contribution in [0.3, 0.4) is 0 Å². The van der Waals surface area contributed by atoms with Gasteiger partial charge in [-0.1, -0.05) is 11.8 Å². The summed E-state index contributed by atoms with van der Waals surface area (Å²) in [6, 6.07) is 18.5. The van der Waals surface area contributed by atoms with E-state index in [2.05, 4.69) is 15.5 Å². The molecule has 8 nitrogen and oxygen atoms in total. The van der Waals surface area contributed by atoms with E-state index >= 15 is 0 Å². The molecule has 0 aliphatic carbocycles. The van der Waals surface area contributed by atoms with Crippen LogP contribution in [0.2, 0.25) is 0 Å². The third-order valence-corrected chi connectivity index (χ3v) is 5.63. The molecule has 2 aromatic carbocycles. The Morgan fingerprint density at radius 1 is 1.00 bits per heavy atom. The number of nitrogens with one attached hydrogen (secondary N) is 1. The molecule has 9 heteroatoms. The number of carbonyl (C=O) groups is 1. The lowest BCUT2D eigenvalue weighted by molar-refractivity contribution is -0.113. The Morgan fingerprint density at radius 2 is 1.69 bits per heavy atom. The summed E-state index contributed by atoms with van der Waals surface area (Å²) in [7, 11) is 3.23. The van der Waals surface area contributed by atoms with Gasteiger partial charge in [-0.25, -0.2) is 0 Å². The predicted molar refractivity (Wildman–Crippen MR) is 122 cm³/mol. The Hall–Kier alpha value is -3.72. The van der Waals surface area contributed by atoms with Gasteiger partial charge in [0.25, 0.3) is 0 Å². The van der Waals surface area contributed by atoms with Crippen LogP contribution in [0.5, 0.6) is 11.5 Å². The van der Waals surface area contributed by atoms with Gasteiger partial charge in [-0.3, -0.25) is 9.36 Å². The summed E-state index contributed by atoms with van der Waals surface area (Å²) in [5.74, 6) is 2.99. The minimum absolute atomic E-state index is 0.140. The van der Waals surface area contributed by atoms with Crippen LogP contribution in [0.1, 0.15) is 5.76 Å². The molecule has 4 aromatic rings. The van der Waals surface area contributed by atoms with Crippen molar-refractivity contribution in [3.8, 4) is 22.9 Å². The van der Waals surface area contributed by atoms with Gasteiger partial charge in [0.1, 0.15) is 17.3 Å². The number of hydrogen-bond acceptors (Lipinski definition) is 7. The fourth-order valence-electron chi connectivity index (χ4n) is 3.05. The van der Waals surface area contributed by atoms with Crippen LogP contribution in [-0.2, 0) is 11.3 Å². The predicted octanol–water partition coefficient (Wildman–Crippen LogP) is 4.33. The lowest BCUT2D eigenvalue weighted by Crippen LogP contribution is -2.14. The number of hydrogen-bond donors (Lipinski definition) is 1. The first-order chi connectivity index (χ1) is 15.7. The molecular weight excluding hydrogens is 428 g/mol. The third kappa shape index (κ3) is 5.12. The van der Waals surface area contributed by atoms with E-state index in [0.717, 1.165) is 22.8 Å². The highest BCUT2D eigenvalue weighted by Crippen LogP contribution is 2.27. The molecule has 1 amide bonds. The van der Waals surface area contributed by atoms with Crippen molar-refractivity contribution in [3.63, 3.8) is 0 Å². The summed E-state index contributed by atoms with van der Waals surface area (Å²) >= 11 is 1.31. The van der Waals surface area contributed by atoms with E-state index in [1.54, 1.807) is 44.7 Å². The zero-order valence-corrected chi connectivity index (χ0v) is 18.5. The fraction of sp³-hybridized carbons (Fsp3) is 0.174.